The number of rotatable bonds is 5. The predicted molar refractivity (Wildman–Crippen MR) is 58.3 cm³/mol. The van der Waals surface area contributed by atoms with Gasteiger partial charge < -0.3 is 14.7 Å². The Morgan fingerprint density at radius 3 is 3.20 bits per heavy atom. The number of H-pyrrole nitrogens is 1. The fraction of sp³-hybridized carbons (Fsp3) is 0.364. The van der Waals surface area contributed by atoms with Crippen LogP contribution in [0.2, 0.25) is 0 Å². The summed E-state index contributed by atoms with van der Waals surface area (Å²) in [5, 5.41) is 3.29. The van der Waals surface area contributed by atoms with E-state index in [1.165, 1.54) is 0 Å². The van der Waals surface area contributed by atoms with Crippen LogP contribution >= 0.6 is 0 Å². The first-order valence-corrected chi connectivity index (χ1v) is 5.18. The highest BCUT2D eigenvalue weighted by atomic mass is 16.3. The van der Waals surface area contributed by atoms with Gasteiger partial charge in [0.05, 0.1) is 19.0 Å². The molecule has 0 bridgehead atoms. The van der Waals surface area contributed by atoms with Gasteiger partial charge in [-0.3, -0.25) is 0 Å². The molecule has 2 rings (SSSR count). The summed E-state index contributed by atoms with van der Waals surface area (Å²) in [4.78, 5) is 7.47. The molecule has 0 saturated heterocycles. The molecule has 0 saturated carbocycles. The van der Waals surface area contributed by atoms with Crippen molar-refractivity contribution in [1.29, 1.82) is 0 Å². The minimum atomic E-state index is 0.772. The number of nitrogens with one attached hydrogen (secondary N) is 2. The van der Waals surface area contributed by atoms with Crippen LogP contribution in [0.25, 0.3) is 11.5 Å². The Labute approximate surface area is 88.7 Å². The van der Waals surface area contributed by atoms with Crippen LogP contribution in [0.5, 0.6) is 0 Å². The topological polar surface area (TPSA) is 53.9 Å². The molecular weight excluding hydrogens is 190 g/mol. The molecule has 2 N–H and O–H groups in total. The number of aromatic nitrogens is 2. The molecule has 0 unspecified atom stereocenters. The van der Waals surface area contributed by atoms with Gasteiger partial charge in [0.2, 0.25) is 0 Å². The second-order valence-corrected chi connectivity index (χ2v) is 3.40. The third-order valence-electron chi connectivity index (χ3n) is 2.13. The van der Waals surface area contributed by atoms with Crippen molar-refractivity contribution in [3.63, 3.8) is 0 Å². The fourth-order valence-corrected chi connectivity index (χ4v) is 1.39. The molecule has 0 aliphatic rings. The van der Waals surface area contributed by atoms with Crippen molar-refractivity contribution in [2.45, 2.75) is 19.9 Å². The van der Waals surface area contributed by atoms with Crippen molar-refractivity contribution in [3.8, 4) is 11.5 Å². The van der Waals surface area contributed by atoms with Crippen LogP contribution in [0, 0.1) is 0 Å². The molecule has 4 nitrogen and oxygen atoms in total. The molecular formula is C11H15N3O. The average Bonchev–Trinajstić information content (AvgIpc) is 2.87. The zero-order valence-electron chi connectivity index (χ0n) is 8.79. The SMILES string of the molecule is CCCNCc1ncc(-c2ccco2)[nH]1. The maximum Gasteiger partial charge on any atom is 0.151 e. The summed E-state index contributed by atoms with van der Waals surface area (Å²) >= 11 is 0. The van der Waals surface area contributed by atoms with Crippen molar-refractivity contribution >= 4 is 0 Å². The molecule has 2 aromatic heterocycles. The Kier molecular flexibility index (Phi) is 3.19. The second-order valence-electron chi connectivity index (χ2n) is 3.40. The summed E-state index contributed by atoms with van der Waals surface area (Å²) in [6, 6.07) is 3.78. The molecule has 15 heavy (non-hydrogen) atoms. The van der Waals surface area contributed by atoms with Crippen LogP contribution in [0.1, 0.15) is 19.2 Å². The minimum Gasteiger partial charge on any atom is -0.463 e. The van der Waals surface area contributed by atoms with Gasteiger partial charge in [-0.2, -0.15) is 0 Å². The molecule has 0 aliphatic heterocycles. The third-order valence-corrected chi connectivity index (χ3v) is 2.13. The monoisotopic (exact) mass is 205 g/mol. The van der Waals surface area contributed by atoms with Crippen LogP contribution in [0.15, 0.2) is 29.0 Å². The van der Waals surface area contributed by atoms with E-state index in [4.69, 9.17) is 4.42 Å². The second kappa shape index (κ2) is 4.79. The Hall–Kier alpha value is -1.55. The zero-order valence-corrected chi connectivity index (χ0v) is 8.79. The Morgan fingerprint density at radius 1 is 1.53 bits per heavy atom. The van der Waals surface area contributed by atoms with Gasteiger partial charge in [-0.05, 0) is 25.1 Å². The standard InChI is InChI=1S/C11H15N3O/c1-2-5-12-8-11-13-7-9(14-11)10-4-3-6-15-10/h3-4,6-7,12H,2,5,8H2,1H3,(H,13,14). The van der Waals surface area contributed by atoms with Crippen molar-refractivity contribution in [2.75, 3.05) is 6.54 Å². The van der Waals surface area contributed by atoms with E-state index in [9.17, 15) is 0 Å². The summed E-state index contributed by atoms with van der Waals surface area (Å²) in [6.07, 6.45) is 4.58. The van der Waals surface area contributed by atoms with Crippen LogP contribution in [-0.2, 0) is 6.54 Å². The third kappa shape index (κ3) is 2.47. The largest absolute Gasteiger partial charge is 0.463 e. The molecule has 0 atom stereocenters. The Balaban J connectivity index is 1.98. The van der Waals surface area contributed by atoms with Crippen LogP contribution in [0.3, 0.4) is 0 Å². The van der Waals surface area contributed by atoms with Gasteiger partial charge in [-0.25, -0.2) is 4.98 Å². The molecule has 2 aromatic rings. The number of aromatic amines is 1. The summed E-state index contributed by atoms with van der Waals surface area (Å²) in [5.41, 5.74) is 0.924. The molecule has 2 heterocycles. The molecule has 0 amide bonds. The van der Waals surface area contributed by atoms with E-state index in [2.05, 4.69) is 22.2 Å². The van der Waals surface area contributed by atoms with Crippen molar-refractivity contribution < 1.29 is 4.42 Å². The van der Waals surface area contributed by atoms with Gasteiger partial charge in [-0.1, -0.05) is 6.92 Å². The van der Waals surface area contributed by atoms with Crippen molar-refractivity contribution in [2.24, 2.45) is 0 Å². The molecule has 0 spiro atoms. The van der Waals surface area contributed by atoms with Crippen LogP contribution < -0.4 is 5.32 Å². The lowest BCUT2D eigenvalue weighted by Crippen LogP contribution is -2.14. The predicted octanol–water partition coefficient (Wildman–Crippen LogP) is 2.17. The molecule has 0 radical (unpaired) electrons. The van der Waals surface area contributed by atoms with Gasteiger partial charge in [0.1, 0.15) is 11.5 Å². The van der Waals surface area contributed by atoms with E-state index in [0.717, 1.165) is 36.8 Å². The van der Waals surface area contributed by atoms with Gasteiger partial charge in [0, 0.05) is 0 Å². The quantitative estimate of drug-likeness (QED) is 0.735. The Bertz CT molecular complexity index is 392. The highest BCUT2D eigenvalue weighted by Gasteiger charge is 2.04. The van der Waals surface area contributed by atoms with Crippen LogP contribution in [-0.4, -0.2) is 16.5 Å². The highest BCUT2D eigenvalue weighted by molar-refractivity contribution is 5.50. The van der Waals surface area contributed by atoms with Crippen molar-refractivity contribution in [3.05, 3.63) is 30.4 Å². The van der Waals surface area contributed by atoms with Crippen LogP contribution in [0.4, 0.5) is 0 Å². The van der Waals surface area contributed by atoms with Gasteiger partial charge in [0.15, 0.2) is 5.76 Å². The lowest BCUT2D eigenvalue weighted by atomic mass is 10.4. The first kappa shape index (κ1) is 9.98. The summed E-state index contributed by atoms with van der Waals surface area (Å²) in [5.74, 6) is 1.76. The number of furan rings is 1. The smallest absolute Gasteiger partial charge is 0.151 e. The average molecular weight is 205 g/mol. The first-order valence-electron chi connectivity index (χ1n) is 5.18. The first-order chi connectivity index (χ1) is 7.40. The molecule has 0 aliphatic carbocycles. The van der Waals surface area contributed by atoms with Gasteiger partial charge in [-0.15, -0.1) is 0 Å². The summed E-state index contributed by atoms with van der Waals surface area (Å²) in [6.45, 7) is 3.93. The number of hydrogen-bond acceptors (Lipinski definition) is 3. The molecule has 0 aromatic carbocycles. The maximum absolute atomic E-state index is 5.27. The van der Waals surface area contributed by atoms with E-state index in [0.29, 0.717) is 0 Å². The number of imidazole rings is 1. The van der Waals surface area contributed by atoms with Gasteiger partial charge >= 0.3 is 0 Å². The molecule has 80 valence electrons. The Morgan fingerprint density at radius 2 is 2.47 bits per heavy atom. The molecule has 0 fully saturated rings. The highest BCUT2D eigenvalue weighted by Crippen LogP contribution is 2.16. The lowest BCUT2D eigenvalue weighted by molar-refractivity contribution is 0.580. The minimum absolute atomic E-state index is 0.772. The zero-order chi connectivity index (χ0) is 10.5. The maximum atomic E-state index is 5.27. The van der Waals surface area contributed by atoms with Gasteiger partial charge in [0.25, 0.3) is 0 Å². The van der Waals surface area contributed by atoms with E-state index in [1.807, 2.05) is 12.1 Å². The number of hydrogen-bond donors (Lipinski definition) is 2. The summed E-state index contributed by atoms with van der Waals surface area (Å²) in [7, 11) is 0. The lowest BCUT2D eigenvalue weighted by Gasteiger charge is -1.98. The number of nitrogens with zero attached hydrogens (tertiary/aromatic N) is 1. The van der Waals surface area contributed by atoms with E-state index >= 15 is 0 Å². The summed E-state index contributed by atoms with van der Waals surface area (Å²) < 4.78 is 5.27. The van der Waals surface area contributed by atoms with E-state index in [1.54, 1.807) is 12.5 Å². The molecule has 4 heteroatoms. The van der Waals surface area contributed by atoms with Crippen molar-refractivity contribution in [1.82, 2.24) is 15.3 Å². The normalized spacial score (nSPS) is 10.7. The van der Waals surface area contributed by atoms with E-state index in [-0.39, 0.29) is 0 Å². The fourth-order valence-electron chi connectivity index (χ4n) is 1.39. The van der Waals surface area contributed by atoms with E-state index < -0.39 is 0 Å².